The molecule has 2 atom stereocenters. The van der Waals surface area contributed by atoms with Crippen molar-refractivity contribution in [3.63, 3.8) is 0 Å². The molecule has 2 saturated heterocycles. The predicted octanol–water partition coefficient (Wildman–Crippen LogP) is 2.67. The molecule has 1 aromatic carbocycles. The largest absolute Gasteiger partial charge is 0.467 e. The van der Waals surface area contributed by atoms with Crippen molar-refractivity contribution in [3.05, 3.63) is 35.9 Å². The minimum absolute atomic E-state index is 0.0613. The second kappa shape index (κ2) is 6.91. The third kappa shape index (κ3) is 3.43. The van der Waals surface area contributed by atoms with Gasteiger partial charge in [0.15, 0.2) is 5.54 Å². The van der Waals surface area contributed by atoms with Crippen LogP contribution in [0.3, 0.4) is 0 Å². The molecule has 0 saturated carbocycles. The first-order valence-electron chi connectivity index (χ1n) is 9.11. The molecule has 0 spiro atoms. The number of likely N-dealkylation sites (tertiary alicyclic amines) is 2. The van der Waals surface area contributed by atoms with E-state index >= 15 is 0 Å². The summed E-state index contributed by atoms with van der Waals surface area (Å²) in [6.45, 7) is 8.01. The normalized spacial score (nSPS) is 25.8. The average Bonchev–Trinajstić information content (AvgIpc) is 3.09. The Labute approximate surface area is 155 Å². The standard InChI is InChI=1S/C20H28N2O4/c1-19(2,3)26-18(24)22-11-10-16-13-21(12-15-8-6-5-7-9-15)14-20(16,22)17(23)25-4/h5-9,16H,10-14H2,1-4H3/t16-,20+/m1/s1. The van der Waals surface area contributed by atoms with Crippen LogP contribution in [-0.4, -0.2) is 59.7 Å². The molecule has 0 aliphatic carbocycles. The molecule has 0 radical (unpaired) electrons. The smallest absolute Gasteiger partial charge is 0.411 e. The fourth-order valence-corrected chi connectivity index (χ4v) is 4.17. The second-order valence-corrected chi connectivity index (χ2v) is 8.19. The van der Waals surface area contributed by atoms with Crippen LogP contribution in [0.2, 0.25) is 0 Å². The molecule has 3 rings (SSSR count). The second-order valence-electron chi connectivity index (χ2n) is 8.19. The van der Waals surface area contributed by atoms with Gasteiger partial charge in [0.05, 0.1) is 7.11 Å². The molecule has 142 valence electrons. The Hall–Kier alpha value is -2.08. The number of amides is 1. The van der Waals surface area contributed by atoms with Crippen LogP contribution in [0.15, 0.2) is 30.3 Å². The third-order valence-electron chi connectivity index (χ3n) is 5.20. The number of hydrogen-bond donors (Lipinski definition) is 0. The number of ether oxygens (including phenoxy) is 2. The SMILES string of the molecule is COC(=O)[C@]12CN(Cc3ccccc3)C[C@H]1CCN2C(=O)OC(C)(C)C. The summed E-state index contributed by atoms with van der Waals surface area (Å²) in [6, 6.07) is 10.2. The van der Waals surface area contributed by atoms with Gasteiger partial charge < -0.3 is 9.47 Å². The lowest BCUT2D eigenvalue weighted by Crippen LogP contribution is -2.59. The Morgan fingerprint density at radius 3 is 2.54 bits per heavy atom. The first-order valence-corrected chi connectivity index (χ1v) is 9.11. The lowest BCUT2D eigenvalue weighted by Gasteiger charge is -2.36. The zero-order chi connectivity index (χ0) is 18.9. The van der Waals surface area contributed by atoms with Crippen LogP contribution >= 0.6 is 0 Å². The van der Waals surface area contributed by atoms with Crippen molar-refractivity contribution in [1.82, 2.24) is 9.80 Å². The maximum Gasteiger partial charge on any atom is 0.411 e. The van der Waals surface area contributed by atoms with Crippen molar-refractivity contribution >= 4 is 12.1 Å². The number of benzene rings is 1. The number of hydrogen-bond acceptors (Lipinski definition) is 5. The van der Waals surface area contributed by atoms with E-state index < -0.39 is 17.2 Å². The molecule has 0 unspecified atom stereocenters. The number of nitrogens with zero attached hydrogens (tertiary/aromatic N) is 2. The van der Waals surface area contributed by atoms with E-state index in [9.17, 15) is 9.59 Å². The molecule has 2 aliphatic heterocycles. The van der Waals surface area contributed by atoms with E-state index in [2.05, 4.69) is 17.0 Å². The summed E-state index contributed by atoms with van der Waals surface area (Å²) < 4.78 is 10.7. The first kappa shape index (κ1) is 18.7. The summed E-state index contributed by atoms with van der Waals surface area (Å²) in [5.41, 5.74) is -0.364. The van der Waals surface area contributed by atoms with E-state index in [1.807, 2.05) is 39.0 Å². The number of fused-ring (bicyclic) bond motifs is 1. The van der Waals surface area contributed by atoms with E-state index in [4.69, 9.17) is 9.47 Å². The molecule has 2 aliphatic rings. The fourth-order valence-electron chi connectivity index (χ4n) is 4.17. The number of carbonyl (C=O) groups is 2. The van der Waals surface area contributed by atoms with Crippen molar-refractivity contribution in [1.29, 1.82) is 0 Å². The quantitative estimate of drug-likeness (QED) is 0.776. The fraction of sp³-hybridized carbons (Fsp3) is 0.600. The van der Waals surface area contributed by atoms with E-state index in [1.54, 1.807) is 4.90 Å². The highest BCUT2D eigenvalue weighted by Crippen LogP contribution is 2.43. The zero-order valence-electron chi connectivity index (χ0n) is 16.0. The predicted molar refractivity (Wildman–Crippen MR) is 97.5 cm³/mol. The van der Waals surface area contributed by atoms with Gasteiger partial charge in [-0.05, 0) is 32.8 Å². The summed E-state index contributed by atoms with van der Waals surface area (Å²) in [4.78, 5) is 29.4. The number of methoxy groups -OCH3 is 1. The van der Waals surface area contributed by atoms with Gasteiger partial charge in [-0.2, -0.15) is 0 Å². The molecule has 0 N–H and O–H groups in total. The van der Waals surface area contributed by atoms with Gasteiger partial charge in [-0.25, -0.2) is 9.59 Å². The summed E-state index contributed by atoms with van der Waals surface area (Å²) in [5, 5.41) is 0. The highest BCUT2D eigenvalue weighted by atomic mass is 16.6. The number of rotatable bonds is 3. The van der Waals surface area contributed by atoms with E-state index in [-0.39, 0.29) is 11.9 Å². The summed E-state index contributed by atoms with van der Waals surface area (Å²) in [6.07, 6.45) is 0.339. The Morgan fingerprint density at radius 1 is 1.23 bits per heavy atom. The maximum absolute atomic E-state index is 12.8. The highest BCUT2D eigenvalue weighted by molar-refractivity contribution is 5.88. The van der Waals surface area contributed by atoms with Gasteiger partial charge in [0.25, 0.3) is 0 Å². The van der Waals surface area contributed by atoms with Crippen LogP contribution in [0.1, 0.15) is 32.8 Å². The van der Waals surface area contributed by atoms with Crippen LogP contribution in [0.5, 0.6) is 0 Å². The molecule has 0 bridgehead atoms. The van der Waals surface area contributed by atoms with Gasteiger partial charge in [-0.15, -0.1) is 0 Å². The topological polar surface area (TPSA) is 59.1 Å². The van der Waals surface area contributed by atoms with Crippen LogP contribution in [-0.2, 0) is 20.8 Å². The van der Waals surface area contributed by atoms with Gasteiger partial charge in [-0.3, -0.25) is 9.80 Å². The summed E-state index contributed by atoms with van der Waals surface area (Å²) in [5.74, 6) is -0.285. The summed E-state index contributed by atoms with van der Waals surface area (Å²) in [7, 11) is 1.39. The highest BCUT2D eigenvalue weighted by Gasteiger charge is 2.62. The van der Waals surface area contributed by atoms with Crippen molar-refractivity contribution in [3.8, 4) is 0 Å². The molecule has 6 nitrogen and oxygen atoms in total. The Balaban J connectivity index is 1.83. The van der Waals surface area contributed by atoms with Crippen LogP contribution in [0, 0.1) is 5.92 Å². The number of esters is 1. The zero-order valence-corrected chi connectivity index (χ0v) is 16.0. The molecule has 6 heteroatoms. The molecule has 1 aromatic rings. The maximum atomic E-state index is 12.8. The molecule has 2 fully saturated rings. The van der Waals surface area contributed by atoms with E-state index in [1.165, 1.54) is 12.7 Å². The Bertz CT molecular complexity index is 670. The van der Waals surface area contributed by atoms with Crippen molar-refractivity contribution in [2.75, 3.05) is 26.7 Å². The van der Waals surface area contributed by atoms with Gasteiger partial charge >= 0.3 is 12.1 Å². The van der Waals surface area contributed by atoms with Crippen molar-refractivity contribution < 1.29 is 19.1 Å². The molecule has 0 aromatic heterocycles. The van der Waals surface area contributed by atoms with Gasteiger partial charge in [0, 0.05) is 32.1 Å². The lowest BCUT2D eigenvalue weighted by atomic mass is 9.88. The van der Waals surface area contributed by atoms with Crippen LogP contribution in [0.4, 0.5) is 4.79 Å². The Kier molecular flexibility index (Phi) is 4.97. The van der Waals surface area contributed by atoms with E-state index in [0.717, 1.165) is 19.5 Å². The first-order chi connectivity index (χ1) is 12.3. The number of carbonyl (C=O) groups excluding carboxylic acids is 2. The van der Waals surface area contributed by atoms with Gasteiger partial charge in [0.1, 0.15) is 5.60 Å². The van der Waals surface area contributed by atoms with E-state index in [0.29, 0.717) is 13.1 Å². The van der Waals surface area contributed by atoms with Crippen LogP contribution < -0.4 is 0 Å². The monoisotopic (exact) mass is 360 g/mol. The third-order valence-corrected chi connectivity index (χ3v) is 5.20. The minimum Gasteiger partial charge on any atom is -0.467 e. The molecule has 2 heterocycles. The lowest BCUT2D eigenvalue weighted by molar-refractivity contribution is -0.154. The molecule has 26 heavy (non-hydrogen) atoms. The van der Waals surface area contributed by atoms with Crippen molar-refractivity contribution in [2.24, 2.45) is 5.92 Å². The van der Waals surface area contributed by atoms with Gasteiger partial charge in [0.2, 0.25) is 0 Å². The minimum atomic E-state index is -0.953. The molecular weight excluding hydrogens is 332 g/mol. The Morgan fingerprint density at radius 2 is 1.92 bits per heavy atom. The van der Waals surface area contributed by atoms with Crippen LogP contribution in [0.25, 0.3) is 0 Å². The summed E-state index contributed by atoms with van der Waals surface area (Å²) >= 11 is 0. The molecule has 1 amide bonds. The van der Waals surface area contributed by atoms with Crippen molar-refractivity contribution in [2.45, 2.75) is 44.9 Å². The average molecular weight is 360 g/mol. The molecular formula is C20H28N2O4. The van der Waals surface area contributed by atoms with Gasteiger partial charge in [-0.1, -0.05) is 30.3 Å².